The van der Waals surface area contributed by atoms with Crippen LogP contribution >= 0.6 is 0 Å². The van der Waals surface area contributed by atoms with Crippen LogP contribution in [0.1, 0.15) is 27.7 Å². The average molecular weight is 190 g/mol. The van der Waals surface area contributed by atoms with Crippen molar-refractivity contribution in [2.45, 2.75) is 27.7 Å². The summed E-state index contributed by atoms with van der Waals surface area (Å²) in [4.78, 5) is 11.4. The molecule has 1 nitrogen and oxygen atoms in total. The van der Waals surface area contributed by atoms with Crippen LogP contribution in [0, 0.1) is 0 Å². The first-order chi connectivity index (χ1) is 6.60. The van der Waals surface area contributed by atoms with Gasteiger partial charge in [0.15, 0.2) is 5.78 Å². The van der Waals surface area contributed by atoms with Crippen molar-refractivity contribution < 1.29 is 4.79 Å². The molecule has 0 saturated carbocycles. The normalized spacial score (nSPS) is 14.3. The fourth-order valence-electron chi connectivity index (χ4n) is 1.11. The predicted octanol–water partition coefficient (Wildman–Crippen LogP) is 3.60. The number of ketones is 1. The molecule has 0 aliphatic rings. The molecule has 0 radical (unpaired) electrons. The molecule has 0 spiro atoms. The Morgan fingerprint density at radius 1 is 0.857 bits per heavy atom. The summed E-state index contributed by atoms with van der Waals surface area (Å²) in [5.74, 6) is 0.0381. The van der Waals surface area contributed by atoms with E-state index in [0.29, 0.717) is 0 Å². The Morgan fingerprint density at radius 2 is 1.21 bits per heavy atom. The first-order valence-corrected chi connectivity index (χ1v) is 4.76. The summed E-state index contributed by atoms with van der Waals surface area (Å²) in [7, 11) is 0. The molecule has 14 heavy (non-hydrogen) atoms. The standard InChI is InChI=1S/C13H18O/c1-5-7-11(3)9-13(14)10-12(4)8-6-2/h5-10H,1-4H3. The summed E-state index contributed by atoms with van der Waals surface area (Å²) in [5, 5.41) is 0. The van der Waals surface area contributed by atoms with Crippen molar-refractivity contribution in [2.24, 2.45) is 0 Å². The van der Waals surface area contributed by atoms with E-state index in [1.807, 2.05) is 52.0 Å². The van der Waals surface area contributed by atoms with Crippen LogP contribution in [-0.2, 0) is 4.79 Å². The Kier molecular flexibility index (Phi) is 6.38. The van der Waals surface area contributed by atoms with Crippen LogP contribution in [0.25, 0.3) is 0 Å². The highest BCUT2D eigenvalue weighted by atomic mass is 16.1. The van der Waals surface area contributed by atoms with Crippen LogP contribution in [0.5, 0.6) is 0 Å². The molecule has 0 aliphatic carbocycles. The van der Waals surface area contributed by atoms with Gasteiger partial charge in [0, 0.05) is 0 Å². The van der Waals surface area contributed by atoms with Crippen LogP contribution in [0.2, 0.25) is 0 Å². The van der Waals surface area contributed by atoms with E-state index in [9.17, 15) is 4.79 Å². The lowest BCUT2D eigenvalue weighted by Gasteiger charge is -1.91. The minimum Gasteiger partial charge on any atom is -0.290 e. The van der Waals surface area contributed by atoms with E-state index >= 15 is 0 Å². The number of allylic oxidation sites excluding steroid dienone is 8. The third-order valence-corrected chi connectivity index (χ3v) is 1.60. The molecule has 0 rings (SSSR count). The fourth-order valence-corrected chi connectivity index (χ4v) is 1.11. The maximum absolute atomic E-state index is 11.4. The number of rotatable bonds is 4. The molecule has 0 bridgehead atoms. The van der Waals surface area contributed by atoms with Gasteiger partial charge in [-0.1, -0.05) is 24.3 Å². The fraction of sp³-hybridized carbons (Fsp3) is 0.308. The molecule has 0 N–H and O–H groups in total. The lowest BCUT2D eigenvalue weighted by Crippen LogP contribution is -1.88. The van der Waals surface area contributed by atoms with Gasteiger partial charge in [-0.25, -0.2) is 0 Å². The third-order valence-electron chi connectivity index (χ3n) is 1.60. The second kappa shape index (κ2) is 7.07. The van der Waals surface area contributed by atoms with Crippen molar-refractivity contribution in [3.05, 3.63) is 47.6 Å². The Labute approximate surface area is 86.5 Å². The monoisotopic (exact) mass is 190 g/mol. The van der Waals surface area contributed by atoms with Crippen LogP contribution < -0.4 is 0 Å². The lowest BCUT2D eigenvalue weighted by molar-refractivity contribution is -0.110. The van der Waals surface area contributed by atoms with Gasteiger partial charge in [-0.15, -0.1) is 0 Å². The Bertz CT molecular complexity index is 271. The molecule has 0 saturated heterocycles. The Morgan fingerprint density at radius 3 is 1.50 bits per heavy atom. The van der Waals surface area contributed by atoms with E-state index in [1.165, 1.54) is 0 Å². The van der Waals surface area contributed by atoms with E-state index in [1.54, 1.807) is 12.2 Å². The second-order valence-electron chi connectivity index (χ2n) is 3.18. The molecule has 1 heteroatoms. The van der Waals surface area contributed by atoms with Gasteiger partial charge in [0.2, 0.25) is 0 Å². The van der Waals surface area contributed by atoms with Gasteiger partial charge in [-0.3, -0.25) is 4.79 Å². The molecule has 0 aliphatic heterocycles. The van der Waals surface area contributed by atoms with E-state index in [2.05, 4.69) is 0 Å². The topological polar surface area (TPSA) is 17.1 Å². The van der Waals surface area contributed by atoms with Crippen molar-refractivity contribution in [1.29, 1.82) is 0 Å². The van der Waals surface area contributed by atoms with Gasteiger partial charge in [0.25, 0.3) is 0 Å². The molecular formula is C13H18O. The lowest BCUT2D eigenvalue weighted by atomic mass is 10.1. The summed E-state index contributed by atoms with van der Waals surface area (Å²) in [6.07, 6.45) is 10.9. The SMILES string of the molecule is CC=CC(C)=CC(=O)C=C(C)C=CC. The largest absolute Gasteiger partial charge is 0.290 e. The summed E-state index contributed by atoms with van der Waals surface area (Å²) in [6.45, 7) is 7.69. The molecule has 0 aromatic carbocycles. The van der Waals surface area contributed by atoms with Crippen molar-refractivity contribution in [1.82, 2.24) is 0 Å². The van der Waals surface area contributed by atoms with Crippen molar-refractivity contribution in [3.8, 4) is 0 Å². The summed E-state index contributed by atoms with van der Waals surface area (Å²) >= 11 is 0. The van der Waals surface area contributed by atoms with Gasteiger partial charge in [-0.2, -0.15) is 0 Å². The van der Waals surface area contributed by atoms with Gasteiger partial charge >= 0.3 is 0 Å². The highest BCUT2D eigenvalue weighted by molar-refractivity contribution is 6.00. The maximum Gasteiger partial charge on any atom is 0.179 e. The molecule has 0 amide bonds. The van der Waals surface area contributed by atoms with Crippen LogP contribution in [0.4, 0.5) is 0 Å². The molecule has 0 aromatic heterocycles. The van der Waals surface area contributed by atoms with Gasteiger partial charge in [0.1, 0.15) is 0 Å². The summed E-state index contributed by atoms with van der Waals surface area (Å²) < 4.78 is 0. The quantitative estimate of drug-likeness (QED) is 0.489. The number of hydrogen-bond donors (Lipinski definition) is 0. The zero-order valence-electron chi connectivity index (χ0n) is 9.37. The first-order valence-electron chi connectivity index (χ1n) is 4.76. The van der Waals surface area contributed by atoms with E-state index in [0.717, 1.165) is 11.1 Å². The highest BCUT2D eigenvalue weighted by Gasteiger charge is 1.92. The minimum absolute atomic E-state index is 0.0381. The number of carbonyl (C=O) groups excluding carboxylic acids is 1. The molecule has 0 fully saturated rings. The average Bonchev–Trinajstić information content (AvgIpc) is 2.03. The van der Waals surface area contributed by atoms with Crippen LogP contribution in [0.3, 0.4) is 0 Å². The van der Waals surface area contributed by atoms with E-state index < -0.39 is 0 Å². The predicted molar refractivity (Wildman–Crippen MR) is 62.1 cm³/mol. The molecule has 0 heterocycles. The maximum atomic E-state index is 11.4. The molecule has 76 valence electrons. The first kappa shape index (κ1) is 12.6. The Balaban J connectivity index is 4.51. The smallest absolute Gasteiger partial charge is 0.179 e. The van der Waals surface area contributed by atoms with Crippen LogP contribution in [0.15, 0.2) is 47.6 Å². The highest BCUT2D eigenvalue weighted by Crippen LogP contribution is 1.99. The van der Waals surface area contributed by atoms with Crippen molar-refractivity contribution >= 4 is 5.78 Å². The van der Waals surface area contributed by atoms with Crippen molar-refractivity contribution in [2.75, 3.05) is 0 Å². The van der Waals surface area contributed by atoms with Crippen LogP contribution in [-0.4, -0.2) is 5.78 Å². The molecule has 0 aromatic rings. The third kappa shape index (κ3) is 6.18. The second-order valence-corrected chi connectivity index (χ2v) is 3.18. The zero-order valence-corrected chi connectivity index (χ0v) is 9.37. The Hall–Kier alpha value is -1.37. The number of hydrogen-bond acceptors (Lipinski definition) is 1. The summed E-state index contributed by atoms with van der Waals surface area (Å²) in [6, 6.07) is 0. The molecular weight excluding hydrogens is 172 g/mol. The van der Waals surface area contributed by atoms with Gasteiger partial charge in [-0.05, 0) is 51.0 Å². The molecule has 0 unspecified atom stereocenters. The summed E-state index contributed by atoms with van der Waals surface area (Å²) in [5.41, 5.74) is 1.95. The minimum atomic E-state index is 0.0381. The van der Waals surface area contributed by atoms with Crippen molar-refractivity contribution in [3.63, 3.8) is 0 Å². The van der Waals surface area contributed by atoms with Gasteiger partial charge < -0.3 is 0 Å². The van der Waals surface area contributed by atoms with Gasteiger partial charge in [0.05, 0.1) is 0 Å². The van der Waals surface area contributed by atoms with E-state index in [4.69, 9.17) is 0 Å². The molecule has 0 atom stereocenters. The zero-order chi connectivity index (χ0) is 11.0. The number of carbonyl (C=O) groups is 1. The van der Waals surface area contributed by atoms with E-state index in [-0.39, 0.29) is 5.78 Å².